The SMILES string of the molecule is [C-]#[N+]C1(c2cccc(C3CCC(CNC(=O)Nc4csc(C#C)n4)CC3)c2)CC1. The van der Waals surface area contributed by atoms with Crippen LogP contribution >= 0.6 is 11.3 Å². The summed E-state index contributed by atoms with van der Waals surface area (Å²) in [6.45, 7) is 8.16. The van der Waals surface area contributed by atoms with E-state index in [4.69, 9.17) is 13.0 Å². The molecule has 29 heavy (non-hydrogen) atoms. The monoisotopic (exact) mass is 404 g/mol. The normalized spacial score (nSPS) is 22.1. The second-order valence-corrected chi connectivity index (χ2v) is 8.86. The average Bonchev–Trinajstić information content (AvgIpc) is 3.45. The van der Waals surface area contributed by atoms with Gasteiger partial charge in [-0.15, -0.1) is 17.8 Å². The van der Waals surface area contributed by atoms with Crippen molar-refractivity contribution in [3.63, 3.8) is 0 Å². The number of aromatic nitrogens is 1. The molecule has 0 atom stereocenters. The third kappa shape index (κ3) is 4.44. The standard InChI is InChI=1S/C23H24N4OS/c1-3-21-26-20(15-29-21)27-22(28)25-14-16-7-9-17(10-8-16)18-5-4-6-19(13-18)23(24-2)11-12-23/h1,4-6,13,15-17H,7-12,14H2,(H2,25,27,28). The van der Waals surface area contributed by atoms with Crippen molar-refractivity contribution in [2.75, 3.05) is 11.9 Å². The highest BCUT2D eigenvalue weighted by Crippen LogP contribution is 2.50. The van der Waals surface area contributed by atoms with E-state index in [2.05, 4.69) is 50.6 Å². The third-order valence-corrected chi connectivity index (χ3v) is 6.87. The molecular weight excluding hydrogens is 380 g/mol. The molecule has 0 saturated heterocycles. The number of hydrogen-bond donors (Lipinski definition) is 2. The number of urea groups is 1. The fourth-order valence-electron chi connectivity index (χ4n) is 4.16. The number of rotatable bonds is 5. The Kier molecular flexibility index (Phi) is 5.56. The summed E-state index contributed by atoms with van der Waals surface area (Å²) in [4.78, 5) is 20.1. The number of nitrogens with one attached hydrogen (secondary N) is 2. The molecule has 1 aromatic heterocycles. The van der Waals surface area contributed by atoms with Crippen LogP contribution in [0, 0.1) is 24.8 Å². The number of hydrogen-bond acceptors (Lipinski definition) is 3. The van der Waals surface area contributed by atoms with Crippen molar-refractivity contribution in [2.45, 2.75) is 50.0 Å². The van der Waals surface area contributed by atoms with E-state index in [1.807, 2.05) is 0 Å². The predicted octanol–water partition coefficient (Wildman–Crippen LogP) is 5.13. The Morgan fingerprint density at radius 1 is 1.34 bits per heavy atom. The maximum atomic E-state index is 12.1. The van der Waals surface area contributed by atoms with Gasteiger partial charge in [0, 0.05) is 30.3 Å². The maximum absolute atomic E-state index is 12.1. The largest absolute Gasteiger partial charge is 0.338 e. The van der Waals surface area contributed by atoms with Crippen molar-refractivity contribution in [1.82, 2.24) is 10.3 Å². The minimum absolute atomic E-state index is 0.233. The van der Waals surface area contributed by atoms with Crippen LogP contribution in [0.25, 0.3) is 4.85 Å². The van der Waals surface area contributed by atoms with Crippen LogP contribution in [0.1, 0.15) is 60.6 Å². The van der Waals surface area contributed by atoms with Crippen LogP contribution in [0.15, 0.2) is 29.6 Å². The number of nitrogens with zero attached hydrogens (tertiary/aromatic N) is 2. The van der Waals surface area contributed by atoms with E-state index in [9.17, 15) is 4.79 Å². The van der Waals surface area contributed by atoms with Gasteiger partial charge in [0.2, 0.25) is 0 Å². The van der Waals surface area contributed by atoms with E-state index >= 15 is 0 Å². The summed E-state index contributed by atoms with van der Waals surface area (Å²) in [6.07, 6.45) is 11.7. The van der Waals surface area contributed by atoms with E-state index in [0.29, 0.717) is 29.2 Å². The van der Waals surface area contributed by atoms with Crippen molar-refractivity contribution >= 4 is 23.2 Å². The first kappa shape index (κ1) is 19.5. The van der Waals surface area contributed by atoms with Crippen LogP contribution in [0.5, 0.6) is 0 Å². The minimum Gasteiger partial charge on any atom is -0.338 e. The van der Waals surface area contributed by atoms with Gasteiger partial charge in [-0.1, -0.05) is 18.2 Å². The van der Waals surface area contributed by atoms with Gasteiger partial charge in [-0.25, -0.2) is 16.4 Å². The molecule has 2 fully saturated rings. The molecule has 2 saturated carbocycles. The molecule has 2 amide bonds. The fraction of sp³-hybridized carbons (Fsp3) is 0.435. The number of carbonyl (C=O) groups is 1. The second-order valence-electron chi connectivity index (χ2n) is 8.00. The zero-order chi connectivity index (χ0) is 20.3. The van der Waals surface area contributed by atoms with Crippen LogP contribution in [0.4, 0.5) is 10.6 Å². The maximum Gasteiger partial charge on any atom is 0.320 e. The molecule has 6 heteroatoms. The number of benzene rings is 1. The minimum atomic E-state index is -0.234. The molecule has 2 N–H and O–H groups in total. The van der Waals surface area contributed by atoms with Gasteiger partial charge in [0.05, 0.1) is 0 Å². The first-order valence-corrected chi connectivity index (χ1v) is 11.0. The van der Waals surface area contributed by atoms with E-state index in [-0.39, 0.29) is 11.6 Å². The molecule has 2 aromatic rings. The first-order valence-electron chi connectivity index (χ1n) is 10.1. The average molecular weight is 405 g/mol. The smallest absolute Gasteiger partial charge is 0.320 e. The summed E-state index contributed by atoms with van der Waals surface area (Å²) >= 11 is 1.34. The van der Waals surface area contributed by atoms with Crippen molar-refractivity contribution < 1.29 is 4.79 Å². The van der Waals surface area contributed by atoms with E-state index in [1.165, 1.54) is 22.5 Å². The quantitative estimate of drug-likeness (QED) is 0.536. The number of thiazole rings is 1. The number of terminal acetylenes is 1. The summed E-state index contributed by atoms with van der Waals surface area (Å²) in [5, 5.41) is 8.00. The zero-order valence-electron chi connectivity index (χ0n) is 16.3. The van der Waals surface area contributed by atoms with Gasteiger partial charge < -0.3 is 10.2 Å². The summed E-state index contributed by atoms with van der Waals surface area (Å²) in [5.74, 6) is 4.01. The van der Waals surface area contributed by atoms with Gasteiger partial charge in [-0.2, -0.15) is 0 Å². The fourth-order valence-corrected chi connectivity index (χ4v) is 4.71. The van der Waals surface area contributed by atoms with Gasteiger partial charge >= 0.3 is 6.03 Å². The van der Waals surface area contributed by atoms with Crippen LogP contribution in [-0.4, -0.2) is 17.6 Å². The summed E-state index contributed by atoms with van der Waals surface area (Å²) in [7, 11) is 0. The van der Waals surface area contributed by atoms with Crippen LogP contribution < -0.4 is 10.6 Å². The molecule has 0 radical (unpaired) electrons. The van der Waals surface area contributed by atoms with Gasteiger partial charge in [-0.05, 0) is 55.1 Å². The molecule has 5 nitrogen and oxygen atoms in total. The Balaban J connectivity index is 1.25. The molecule has 1 aromatic carbocycles. The summed E-state index contributed by atoms with van der Waals surface area (Å²) in [6, 6.07) is 8.45. The predicted molar refractivity (Wildman–Crippen MR) is 116 cm³/mol. The summed E-state index contributed by atoms with van der Waals surface area (Å²) in [5.41, 5.74) is 2.33. The van der Waals surface area contributed by atoms with E-state index in [0.717, 1.165) is 38.5 Å². The molecular formula is C23H24N4OS. The van der Waals surface area contributed by atoms with Crippen LogP contribution in [-0.2, 0) is 5.54 Å². The van der Waals surface area contributed by atoms with Crippen molar-refractivity contribution in [3.8, 4) is 12.3 Å². The Hall–Kier alpha value is -2.83. The lowest BCUT2D eigenvalue weighted by atomic mass is 9.78. The topological polar surface area (TPSA) is 58.4 Å². The highest BCUT2D eigenvalue weighted by Gasteiger charge is 2.52. The molecule has 0 spiro atoms. The van der Waals surface area contributed by atoms with Crippen molar-refractivity contribution in [1.29, 1.82) is 0 Å². The molecule has 148 valence electrons. The first-order chi connectivity index (χ1) is 14.1. The summed E-state index contributed by atoms with van der Waals surface area (Å²) < 4.78 is 0. The second kappa shape index (κ2) is 8.27. The number of amides is 2. The molecule has 0 aliphatic heterocycles. The zero-order valence-corrected chi connectivity index (χ0v) is 17.1. The van der Waals surface area contributed by atoms with E-state index in [1.54, 1.807) is 5.38 Å². The lowest BCUT2D eigenvalue weighted by molar-refractivity contribution is 0.246. The van der Waals surface area contributed by atoms with Crippen molar-refractivity contribution in [3.05, 3.63) is 57.2 Å². The highest BCUT2D eigenvalue weighted by atomic mass is 32.1. The Morgan fingerprint density at radius 3 is 2.79 bits per heavy atom. The van der Waals surface area contributed by atoms with Crippen molar-refractivity contribution in [2.24, 2.45) is 5.92 Å². The van der Waals surface area contributed by atoms with Gasteiger partial charge in [0.25, 0.3) is 5.54 Å². The molecule has 0 bridgehead atoms. The van der Waals surface area contributed by atoms with Crippen LogP contribution in [0.3, 0.4) is 0 Å². The third-order valence-electron chi connectivity index (χ3n) is 6.10. The van der Waals surface area contributed by atoms with Gasteiger partial charge in [0.15, 0.2) is 5.01 Å². The molecule has 4 rings (SSSR count). The highest BCUT2D eigenvalue weighted by molar-refractivity contribution is 7.10. The molecule has 2 aliphatic carbocycles. The lowest BCUT2D eigenvalue weighted by Gasteiger charge is -2.29. The van der Waals surface area contributed by atoms with E-state index < -0.39 is 0 Å². The molecule has 2 aliphatic rings. The lowest BCUT2D eigenvalue weighted by Crippen LogP contribution is -2.34. The Bertz CT molecular complexity index is 971. The number of anilines is 1. The molecule has 1 heterocycles. The van der Waals surface area contributed by atoms with Gasteiger partial charge in [0.1, 0.15) is 5.82 Å². The van der Waals surface area contributed by atoms with Crippen LogP contribution in [0.2, 0.25) is 0 Å². The molecule has 0 unspecified atom stereocenters. The van der Waals surface area contributed by atoms with Gasteiger partial charge in [-0.3, -0.25) is 5.32 Å². The Morgan fingerprint density at radius 2 is 2.14 bits per heavy atom. The Labute approximate surface area is 175 Å². The number of carbonyl (C=O) groups excluding carboxylic acids is 1.